The highest BCUT2D eigenvalue weighted by Crippen LogP contribution is 2.06. The molecular formula is C11H17BrN2O. The quantitative estimate of drug-likeness (QED) is 0.864. The summed E-state index contributed by atoms with van der Waals surface area (Å²) in [5.74, 6) is 0. The molecule has 1 N–H and O–H groups in total. The molecule has 0 aliphatic rings. The van der Waals surface area contributed by atoms with Gasteiger partial charge in [-0.3, -0.25) is 4.98 Å². The molecule has 0 aromatic carbocycles. The van der Waals surface area contributed by atoms with Crippen molar-refractivity contribution in [1.29, 1.82) is 0 Å². The van der Waals surface area contributed by atoms with E-state index in [0.717, 1.165) is 29.9 Å². The largest absolute Gasteiger partial charge is 0.377 e. The van der Waals surface area contributed by atoms with Gasteiger partial charge in [0.05, 0.1) is 11.8 Å². The van der Waals surface area contributed by atoms with Crippen LogP contribution < -0.4 is 5.32 Å². The van der Waals surface area contributed by atoms with Crippen molar-refractivity contribution < 1.29 is 4.74 Å². The number of nitrogens with zero attached hydrogens (tertiary/aromatic N) is 1. The van der Waals surface area contributed by atoms with Crippen LogP contribution in [0, 0.1) is 0 Å². The molecule has 3 nitrogen and oxygen atoms in total. The monoisotopic (exact) mass is 272 g/mol. The van der Waals surface area contributed by atoms with Crippen molar-refractivity contribution >= 4 is 15.9 Å². The number of hydrogen-bond donors (Lipinski definition) is 1. The molecule has 1 aromatic heterocycles. The van der Waals surface area contributed by atoms with Gasteiger partial charge in [-0.05, 0) is 41.9 Å². The zero-order chi connectivity index (χ0) is 11.1. The Bertz CT molecular complexity index is 276. The van der Waals surface area contributed by atoms with E-state index in [1.807, 2.05) is 25.3 Å². The predicted molar refractivity (Wildman–Crippen MR) is 64.7 cm³/mol. The van der Waals surface area contributed by atoms with Gasteiger partial charge in [0.15, 0.2) is 0 Å². The average Bonchev–Trinajstić information content (AvgIpc) is 2.21. The predicted octanol–water partition coefficient (Wildman–Crippen LogP) is 2.36. The summed E-state index contributed by atoms with van der Waals surface area (Å²) in [6.07, 6.45) is 2.06. The van der Waals surface area contributed by atoms with E-state index in [2.05, 4.69) is 33.2 Å². The Morgan fingerprint density at radius 2 is 2.33 bits per heavy atom. The first kappa shape index (κ1) is 12.6. The van der Waals surface area contributed by atoms with Gasteiger partial charge < -0.3 is 10.1 Å². The molecule has 4 heteroatoms. The highest BCUT2D eigenvalue weighted by molar-refractivity contribution is 9.10. The minimum Gasteiger partial charge on any atom is -0.377 e. The van der Waals surface area contributed by atoms with Crippen LogP contribution in [-0.2, 0) is 11.3 Å². The van der Waals surface area contributed by atoms with E-state index in [0.29, 0.717) is 0 Å². The molecule has 1 heterocycles. The molecular weight excluding hydrogens is 256 g/mol. The van der Waals surface area contributed by atoms with Crippen LogP contribution in [0.3, 0.4) is 0 Å². The number of nitrogens with one attached hydrogen (secondary N) is 1. The number of hydrogen-bond acceptors (Lipinski definition) is 3. The summed E-state index contributed by atoms with van der Waals surface area (Å²) in [5, 5.41) is 3.30. The van der Waals surface area contributed by atoms with E-state index in [1.54, 1.807) is 0 Å². The topological polar surface area (TPSA) is 34.1 Å². The second-order valence-corrected chi connectivity index (χ2v) is 4.28. The molecule has 1 aromatic rings. The van der Waals surface area contributed by atoms with E-state index in [-0.39, 0.29) is 6.10 Å². The molecule has 0 fully saturated rings. The molecule has 15 heavy (non-hydrogen) atoms. The zero-order valence-electron chi connectivity index (χ0n) is 9.16. The van der Waals surface area contributed by atoms with Crippen LogP contribution in [0.25, 0.3) is 0 Å². The Morgan fingerprint density at radius 3 is 2.93 bits per heavy atom. The SMILES string of the molecule is CCOC(C)CNCc1ccc(Br)cn1. The molecule has 0 aliphatic carbocycles. The third-order valence-corrected chi connectivity index (χ3v) is 2.45. The van der Waals surface area contributed by atoms with Gasteiger partial charge in [0.25, 0.3) is 0 Å². The summed E-state index contributed by atoms with van der Waals surface area (Å²) in [5.41, 5.74) is 1.04. The first-order valence-corrected chi connectivity index (χ1v) is 5.94. The normalized spacial score (nSPS) is 12.7. The van der Waals surface area contributed by atoms with Gasteiger partial charge in [0.1, 0.15) is 0 Å². The van der Waals surface area contributed by atoms with Crippen LogP contribution in [-0.4, -0.2) is 24.2 Å². The van der Waals surface area contributed by atoms with E-state index < -0.39 is 0 Å². The number of halogens is 1. The highest BCUT2D eigenvalue weighted by atomic mass is 79.9. The van der Waals surface area contributed by atoms with Crippen LogP contribution in [0.1, 0.15) is 19.5 Å². The van der Waals surface area contributed by atoms with Crippen molar-refractivity contribution in [2.75, 3.05) is 13.2 Å². The Kier molecular flexibility index (Phi) is 5.83. The molecule has 1 unspecified atom stereocenters. The van der Waals surface area contributed by atoms with Gasteiger partial charge in [-0.2, -0.15) is 0 Å². The molecule has 0 amide bonds. The maximum atomic E-state index is 5.41. The lowest BCUT2D eigenvalue weighted by molar-refractivity contribution is 0.0759. The van der Waals surface area contributed by atoms with E-state index >= 15 is 0 Å². The molecule has 84 valence electrons. The summed E-state index contributed by atoms with van der Waals surface area (Å²) < 4.78 is 6.42. The maximum absolute atomic E-state index is 5.41. The Balaban J connectivity index is 2.22. The van der Waals surface area contributed by atoms with Crippen LogP contribution in [0.4, 0.5) is 0 Å². The summed E-state index contributed by atoms with van der Waals surface area (Å²) in [4.78, 5) is 4.27. The van der Waals surface area contributed by atoms with Crippen molar-refractivity contribution in [3.05, 3.63) is 28.5 Å². The zero-order valence-corrected chi connectivity index (χ0v) is 10.8. The first-order valence-electron chi connectivity index (χ1n) is 5.15. The average molecular weight is 273 g/mol. The van der Waals surface area contributed by atoms with Gasteiger partial charge in [-0.15, -0.1) is 0 Å². The minimum absolute atomic E-state index is 0.255. The van der Waals surface area contributed by atoms with Gasteiger partial charge in [0, 0.05) is 30.4 Å². The molecule has 1 rings (SSSR count). The molecule has 0 saturated heterocycles. The number of pyridine rings is 1. The van der Waals surface area contributed by atoms with Crippen molar-refractivity contribution in [2.45, 2.75) is 26.5 Å². The van der Waals surface area contributed by atoms with Crippen molar-refractivity contribution in [3.63, 3.8) is 0 Å². The Hall–Kier alpha value is -0.450. The molecule has 0 saturated carbocycles. The van der Waals surface area contributed by atoms with Crippen molar-refractivity contribution in [2.24, 2.45) is 0 Å². The highest BCUT2D eigenvalue weighted by Gasteiger charge is 2.00. The summed E-state index contributed by atoms with van der Waals surface area (Å²) >= 11 is 3.35. The van der Waals surface area contributed by atoms with Gasteiger partial charge in [0.2, 0.25) is 0 Å². The third kappa shape index (κ3) is 5.25. The van der Waals surface area contributed by atoms with Gasteiger partial charge in [-0.25, -0.2) is 0 Å². The number of ether oxygens (including phenoxy) is 1. The standard InChI is InChI=1S/C11H17BrN2O/c1-3-15-9(2)6-13-8-11-5-4-10(12)7-14-11/h4-5,7,9,13H,3,6,8H2,1-2H3. The van der Waals surface area contributed by atoms with Crippen LogP contribution in [0.15, 0.2) is 22.8 Å². The second-order valence-electron chi connectivity index (χ2n) is 3.36. The summed E-state index contributed by atoms with van der Waals surface area (Å²) in [6.45, 7) is 6.47. The van der Waals surface area contributed by atoms with Crippen LogP contribution in [0.5, 0.6) is 0 Å². The van der Waals surface area contributed by atoms with E-state index in [1.165, 1.54) is 0 Å². The van der Waals surface area contributed by atoms with Crippen molar-refractivity contribution in [1.82, 2.24) is 10.3 Å². The molecule has 0 bridgehead atoms. The van der Waals surface area contributed by atoms with Gasteiger partial charge in [-0.1, -0.05) is 0 Å². The van der Waals surface area contributed by atoms with E-state index in [9.17, 15) is 0 Å². The fourth-order valence-electron chi connectivity index (χ4n) is 1.26. The number of aromatic nitrogens is 1. The second kappa shape index (κ2) is 6.93. The maximum Gasteiger partial charge on any atom is 0.0671 e. The molecule has 0 aliphatic heterocycles. The smallest absolute Gasteiger partial charge is 0.0671 e. The third-order valence-electron chi connectivity index (χ3n) is 1.98. The first-order chi connectivity index (χ1) is 7.22. The fourth-order valence-corrected chi connectivity index (χ4v) is 1.49. The van der Waals surface area contributed by atoms with Crippen LogP contribution >= 0.6 is 15.9 Å². The van der Waals surface area contributed by atoms with Crippen LogP contribution in [0.2, 0.25) is 0 Å². The fraction of sp³-hybridized carbons (Fsp3) is 0.545. The molecule has 1 atom stereocenters. The van der Waals surface area contributed by atoms with Gasteiger partial charge >= 0.3 is 0 Å². The lowest BCUT2D eigenvalue weighted by Crippen LogP contribution is -2.26. The molecule has 0 spiro atoms. The lowest BCUT2D eigenvalue weighted by Gasteiger charge is -2.12. The van der Waals surface area contributed by atoms with Crippen molar-refractivity contribution in [3.8, 4) is 0 Å². The minimum atomic E-state index is 0.255. The Morgan fingerprint density at radius 1 is 1.53 bits per heavy atom. The van der Waals surface area contributed by atoms with E-state index in [4.69, 9.17) is 4.74 Å². The molecule has 0 radical (unpaired) electrons. The summed E-state index contributed by atoms with van der Waals surface area (Å²) in [7, 11) is 0. The lowest BCUT2D eigenvalue weighted by atomic mass is 10.3. The number of rotatable bonds is 6. The Labute approximate surface area is 99.4 Å². The summed E-state index contributed by atoms with van der Waals surface area (Å²) in [6, 6.07) is 4.00.